The minimum absolute atomic E-state index is 0.0417. The number of hydrogen-bond donors (Lipinski definition) is 1. The average molecular weight is 294 g/mol. The van der Waals surface area contributed by atoms with E-state index in [-0.39, 0.29) is 17.9 Å². The van der Waals surface area contributed by atoms with Crippen molar-refractivity contribution >= 4 is 34.9 Å². The highest BCUT2D eigenvalue weighted by Crippen LogP contribution is 2.40. The van der Waals surface area contributed by atoms with Crippen LogP contribution in [0.1, 0.15) is 24.8 Å². The minimum atomic E-state index is -0.0417. The van der Waals surface area contributed by atoms with E-state index in [1.807, 2.05) is 32.2 Å². The van der Waals surface area contributed by atoms with E-state index in [0.29, 0.717) is 11.4 Å². The zero-order chi connectivity index (χ0) is 14.0. The van der Waals surface area contributed by atoms with E-state index in [1.165, 1.54) is 4.90 Å². The molecule has 0 fully saturated rings. The molecule has 0 radical (unpaired) electrons. The number of nitrogens with two attached hydrogens (primary N) is 1. The second-order valence-corrected chi connectivity index (χ2v) is 6.46. The van der Waals surface area contributed by atoms with Gasteiger partial charge in [-0.15, -0.1) is 11.8 Å². The fourth-order valence-corrected chi connectivity index (χ4v) is 3.72. The van der Waals surface area contributed by atoms with Crippen LogP contribution in [0.4, 0.5) is 0 Å². The van der Waals surface area contributed by atoms with E-state index in [0.717, 1.165) is 11.3 Å². The van der Waals surface area contributed by atoms with Crippen LogP contribution >= 0.6 is 24.0 Å². The van der Waals surface area contributed by atoms with Gasteiger partial charge in [-0.1, -0.05) is 30.4 Å². The standard InChI is InChI=1S/C14H18N2OS2/c1-9(7-13(15)18)16(2)14(17)11-8-19-12-6-4-3-5-10(11)12/h3-6,9,11H,7-8H2,1-2H3,(H2,15,18). The topological polar surface area (TPSA) is 46.3 Å². The third-order valence-electron chi connectivity index (χ3n) is 3.50. The van der Waals surface area contributed by atoms with Gasteiger partial charge in [-0.2, -0.15) is 0 Å². The molecule has 102 valence electrons. The summed E-state index contributed by atoms with van der Waals surface area (Å²) in [5, 5.41) is 0. The number of hydrogen-bond acceptors (Lipinski definition) is 3. The smallest absolute Gasteiger partial charge is 0.231 e. The van der Waals surface area contributed by atoms with E-state index < -0.39 is 0 Å². The first kappa shape index (κ1) is 14.3. The van der Waals surface area contributed by atoms with E-state index in [9.17, 15) is 4.79 Å². The predicted octanol–water partition coefficient (Wildman–Crippen LogP) is 2.40. The van der Waals surface area contributed by atoms with Crippen molar-refractivity contribution < 1.29 is 4.79 Å². The summed E-state index contributed by atoms with van der Waals surface area (Å²) in [5.74, 6) is 0.934. The van der Waals surface area contributed by atoms with Crippen molar-refractivity contribution in [1.29, 1.82) is 0 Å². The van der Waals surface area contributed by atoms with Crippen molar-refractivity contribution in [2.24, 2.45) is 5.73 Å². The molecule has 0 saturated carbocycles. The molecule has 1 aromatic carbocycles. The number of thioether (sulfide) groups is 1. The minimum Gasteiger partial charge on any atom is -0.393 e. The van der Waals surface area contributed by atoms with Crippen molar-refractivity contribution in [3.63, 3.8) is 0 Å². The molecule has 5 heteroatoms. The summed E-state index contributed by atoms with van der Waals surface area (Å²) >= 11 is 6.66. The van der Waals surface area contributed by atoms with Crippen LogP contribution in [0, 0.1) is 0 Å². The fraction of sp³-hybridized carbons (Fsp3) is 0.429. The lowest BCUT2D eigenvalue weighted by molar-refractivity contribution is -0.132. The highest BCUT2D eigenvalue weighted by molar-refractivity contribution is 7.99. The summed E-state index contributed by atoms with van der Waals surface area (Å²) in [5.41, 5.74) is 6.70. The molecule has 1 aliphatic rings. The van der Waals surface area contributed by atoms with Crippen LogP contribution in [0.5, 0.6) is 0 Å². The maximum Gasteiger partial charge on any atom is 0.231 e. The van der Waals surface area contributed by atoms with Crippen LogP contribution in [0.2, 0.25) is 0 Å². The van der Waals surface area contributed by atoms with Crippen molar-refractivity contribution in [2.45, 2.75) is 30.2 Å². The molecule has 1 aromatic rings. The molecular formula is C14H18N2OS2. The monoisotopic (exact) mass is 294 g/mol. The highest BCUT2D eigenvalue weighted by atomic mass is 32.2. The molecule has 19 heavy (non-hydrogen) atoms. The SMILES string of the molecule is CC(CC(N)=S)N(C)C(=O)C1CSc2ccccc21. The van der Waals surface area contributed by atoms with Crippen LogP contribution in [-0.2, 0) is 4.79 Å². The van der Waals surface area contributed by atoms with Crippen LogP contribution in [0.15, 0.2) is 29.2 Å². The molecular weight excluding hydrogens is 276 g/mol. The Hall–Kier alpha value is -1.07. The largest absolute Gasteiger partial charge is 0.393 e. The summed E-state index contributed by atoms with van der Waals surface area (Å²) in [7, 11) is 1.83. The number of nitrogens with zero attached hydrogens (tertiary/aromatic N) is 1. The Morgan fingerprint density at radius 2 is 2.26 bits per heavy atom. The van der Waals surface area contributed by atoms with Gasteiger partial charge in [-0.05, 0) is 18.6 Å². The number of likely N-dealkylation sites (N-methyl/N-ethyl adjacent to an activating group) is 1. The summed E-state index contributed by atoms with van der Waals surface area (Å²) in [6, 6.07) is 8.17. The van der Waals surface area contributed by atoms with Crippen molar-refractivity contribution in [3.8, 4) is 0 Å². The molecule has 0 aliphatic carbocycles. The van der Waals surface area contributed by atoms with E-state index in [2.05, 4.69) is 6.07 Å². The summed E-state index contributed by atoms with van der Waals surface area (Å²) in [6.07, 6.45) is 0.569. The van der Waals surface area contributed by atoms with E-state index >= 15 is 0 Å². The number of amides is 1. The first-order valence-corrected chi connectivity index (χ1v) is 7.66. The Labute approximate surface area is 123 Å². The van der Waals surface area contributed by atoms with Crippen molar-refractivity contribution in [3.05, 3.63) is 29.8 Å². The molecule has 2 atom stereocenters. The molecule has 1 heterocycles. The average Bonchev–Trinajstić information content (AvgIpc) is 2.80. The van der Waals surface area contributed by atoms with Gasteiger partial charge in [0.25, 0.3) is 0 Å². The normalized spacial score (nSPS) is 18.7. The fourth-order valence-electron chi connectivity index (χ4n) is 2.26. The number of carbonyl (C=O) groups is 1. The Morgan fingerprint density at radius 3 is 2.95 bits per heavy atom. The zero-order valence-corrected chi connectivity index (χ0v) is 12.8. The first-order chi connectivity index (χ1) is 9.00. The maximum absolute atomic E-state index is 12.6. The number of rotatable bonds is 4. The number of carbonyl (C=O) groups excluding carboxylic acids is 1. The van der Waals surface area contributed by atoms with Gasteiger partial charge in [0, 0.05) is 30.2 Å². The van der Waals surface area contributed by atoms with Gasteiger partial charge in [0.15, 0.2) is 0 Å². The molecule has 1 amide bonds. The molecule has 0 aromatic heterocycles. The Kier molecular flexibility index (Phi) is 4.47. The molecule has 2 unspecified atom stereocenters. The van der Waals surface area contributed by atoms with Crippen LogP contribution < -0.4 is 5.73 Å². The molecule has 0 bridgehead atoms. The maximum atomic E-state index is 12.6. The van der Waals surface area contributed by atoms with Crippen LogP contribution in [-0.4, -0.2) is 34.6 Å². The van der Waals surface area contributed by atoms with Gasteiger partial charge in [0.1, 0.15) is 0 Å². The van der Waals surface area contributed by atoms with Gasteiger partial charge >= 0.3 is 0 Å². The molecule has 1 aliphatic heterocycles. The summed E-state index contributed by atoms with van der Waals surface area (Å²) < 4.78 is 0. The van der Waals surface area contributed by atoms with Crippen molar-refractivity contribution in [2.75, 3.05) is 12.8 Å². The zero-order valence-electron chi connectivity index (χ0n) is 11.1. The third kappa shape index (κ3) is 3.09. The number of fused-ring (bicyclic) bond motifs is 1. The molecule has 2 rings (SSSR count). The van der Waals surface area contributed by atoms with Gasteiger partial charge in [-0.3, -0.25) is 4.79 Å². The van der Waals surface area contributed by atoms with Crippen molar-refractivity contribution in [1.82, 2.24) is 4.90 Å². The van der Waals surface area contributed by atoms with Gasteiger partial charge in [0.2, 0.25) is 5.91 Å². The van der Waals surface area contributed by atoms with Crippen LogP contribution in [0.3, 0.4) is 0 Å². The molecule has 2 N–H and O–H groups in total. The van der Waals surface area contributed by atoms with E-state index in [4.69, 9.17) is 18.0 Å². The Morgan fingerprint density at radius 1 is 1.58 bits per heavy atom. The lowest BCUT2D eigenvalue weighted by Crippen LogP contribution is -2.40. The number of thiocarbonyl (C=S) groups is 1. The Bertz CT molecular complexity index is 504. The number of benzene rings is 1. The van der Waals surface area contributed by atoms with Gasteiger partial charge in [0.05, 0.1) is 10.9 Å². The molecule has 0 saturated heterocycles. The van der Waals surface area contributed by atoms with Gasteiger partial charge < -0.3 is 10.6 Å². The lowest BCUT2D eigenvalue weighted by atomic mass is 9.99. The quantitative estimate of drug-likeness (QED) is 0.866. The second-order valence-electron chi connectivity index (χ2n) is 4.87. The summed E-state index contributed by atoms with van der Waals surface area (Å²) in [4.78, 5) is 16.0. The van der Waals surface area contributed by atoms with E-state index in [1.54, 1.807) is 16.7 Å². The third-order valence-corrected chi connectivity index (χ3v) is 4.85. The summed E-state index contributed by atoms with van der Waals surface area (Å²) in [6.45, 7) is 1.98. The predicted molar refractivity (Wildman–Crippen MR) is 83.5 cm³/mol. The Balaban J connectivity index is 2.11. The molecule has 3 nitrogen and oxygen atoms in total. The first-order valence-electron chi connectivity index (χ1n) is 6.27. The van der Waals surface area contributed by atoms with Crippen LogP contribution in [0.25, 0.3) is 0 Å². The highest BCUT2D eigenvalue weighted by Gasteiger charge is 2.32. The second kappa shape index (κ2) is 5.92. The molecule has 0 spiro atoms. The van der Waals surface area contributed by atoms with Gasteiger partial charge in [-0.25, -0.2) is 0 Å². The lowest BCUT2D eigenvalue weighted by Gasteiger charge is -2.27.